The molecule has 0 radical (unpaired) electrons. The molecule has 21 heavy (non-hydrogen) atoms. The summed E-state index contributed by atoms with van der Waals surface area (Å²) in [5.41, 5.74) is 0.222. The van der Waals surface area contributed by atoms with Crippen LogP contribution in [0.5, 0.6) is 0 Å². The molecule has 2 rings (SSSR count). The van der Waals surface area contributed by atoms with Crippen molar-refractivity contribution in [1.82, 2.24) is 9.71 Å². The average Bonchev–Trinajstić information content (AvgIpc) is 2.75. The fourth-order valence-electron chi connectivity index (χ4n) is 2.72. The molecule has 1 aromatic heterocycles. The molecule has 0 saturated heterocycles. The third-order valence-corrected chi connectivity index (χ3v) is 5.40. The summed E-state index contributed by atoms with van der Waals surface area (Å²) in [4.78, 5) is 4.39. The average molecular weight is 311 g/mol. The third-order valence-electron chi connectivity index (χ3n) is 3.89. The quantitative estimate of drug-likeness (QED) is 0.847. The molecule has 1 saturated carbocycles. The second kappa shape index (κ2) is 6.32. The lowest BCUT2D eigenvalue weighted by atomic mass is 9.92. The van der Waals surface area contributed by atoms with E-state index in [0.29, 0.717) is 5.82 Å². The monoisotopic (exact) mass is 311 g/mol. The highest BCUT2D eigenvalue weighted by molar-refractivity contribution is 7.89. The van der Waals surface area contributed by atoms with Crippen molar-refractivity contribution in [2.45, 2.75) is 57.4 Å². The van der Waals surface area contributed by atoms with Crippen LogP contribution in [0.15, 0.2) is 23.2 Å². The molecule has 1 fully saturated rings. The predicted octanol–water partition coefficient (Wildman–Crippen LogP) is 2.76. The molecule has 1 aromatic rings. The first-order valence-electron chi connectivity index (χ1n) is 7.55. The zero-order valence-corrected chi connectivity index (χ0v) is 13.8. The highest BCUT2D eigenvalue weighted by Gasteiger charge is 2.33. The number of aromatic nitrogens is 1. The van der Waals surface area contributed by atoms with E-state index < -0.39 is 10.0 Å². The molecule has 1 aliphatic rings. The highest BCUT2D eigenvalue weighted by Crippen LogP contribution is 2.37. The lowest BCUT2D eigenvalue weighted by Gasteiger charge is -2.18. The van der Waals surface area contributed by atoms with Crippen LogP contribution in [0.3, 0.4) is 0 Å². The first-order valence-corrected chi connectivity index (χ1v) is 9.03. The largest absolute Gasteiger partial charge is 0.370 e. The number of hydrogen-bond donors (Lipinski definition) is 2. The first kappa shape index (κ1) is 16.2. The van der Waals surface area contributed by atoms with Crippen molar-refractivity contribution in [3.05, 3.63) is 18.3 Å². The topological polar surface area (TPSA) is 71.1 Å². The number of pyridine rings is 1. The zero-order chi connectivity index (χ0) is 15.5. The summed E-state index contributed by atoms with van der Waals surface area (Å²) in [5, 5.41) is 3.13. The van der Waals surface area contributed by atoms with E-state index >= 15 is 0 Å². The normalized spacial score (nSPS) is 21.4. The summed E-state index contributed by atoms with van der Waals surface area (Å²) in [6, 6.07) is 3.35. The Morgan fingerprint density at radius 2 is 2.14 bits per heavy atom. The maximum Gasteiger partial charge on any atom is 0.242 e. The maximum absolute atomic E-state index is 12.4. The smallest absolute Gasteiger partial charge is 0.242 e. The number of nitrogens with zero attached hydrogens (tertiary/aromatic N) is 1. The molecule has 1 unspecified atom stereocenters. The summed E-state index contributed by atoms with van der Waals surface area (Å²) in [5.74, 6) is 0.706. The van der Waals surface area contributed by atoms with Crippen LogP contribution in [0, 0.1) is 5.41 Å². The maximum atomic E-state index is 12.4. The van der Waals surface area contributed by atoms with E-state index in [1.54, 1.807) is 12.1 Å². The molecular formula is C15H25N3O2S. The molecule has 1 aliphatic carbocycles. The van der Waals surface area contributed by atoms with Gasteiger partial charge in [-0.15, -0.1) is 0 Å². The molecule has 1 atom stereocenters. The fourth-order valence-corrected chi connectivity index (χ4v) is 3.94. The molecule has 0 bridgehead atoms. The lowest BCUT2D eigenvalue weighted by molar-refractivity contribution is 0.372. The Hall–Kier alpha value is -1.14. The van der Waals surface area contributed by atoms with Crippen molar-refractivity contribution in [1.29, 1.82) is 0 Å². The Morgan fingerprint density at radius 3 is 2.67 bits per heavy atom. The highest BCUT2D eigenvalue weighted by atomic mass is 32.2. The van der Waals surface area contributed by atoms with Crippen molar-refractivity contribution in [3.8, 4) is 0 Å². The van der Waals surface area contributed by atoms with Crippen molar-refractivity contribution in [3.63, 3.8) is 0 Å². The number of hydrogen-bond acceptors (Lipinski definition) is 4. The van der Waals surface area contributed by atoms with Gasteiger partial charge in [0.25, 0.3) is 0 Å². The summed E-state index contributed by atoms with van der Waals surface area (Å²) in [6.07, 6.45) is 5.26. The van der Waals surface area contributed by atoms with Crippen molar-refractivity contribution < 1.29 is 8.42 Å². The van der Waals surface area contributed by atoms with Gasteiger partial charge in [-0.3, -0.25) is 0 Å². The first-order chi connectivity index (χ1) is 9.82. The van der Waals surface area contributed by atoms with Crippen LogP contribution < -0.4 is 10.0 Å². The molecule has 5 nitrogen and oxygen atoms in total. The molecule has 118 valence electrons. The van der Waals surface area contributed by atoms with Gasteiger partial charge in [0.05, 0.1) is 0 Å². The summed E-state index contributed by atoms with van der Waals surface area (Å²) >= 11 is 0. The van der Waals surface area contributed by atoms with Crippen molar-refractivity contribution in [2.75, 3.05) is 11.9 Å². The van der Waals surface area contributed by atoms with Crippen LogP contribution in [-0.2, 0) is 10.0 Å². The van der Waals surface area contributed by atoms with E-state index in [2.05, 4.69) is 35.8 Å². The number of nitrogens with one attached hydrogen (secondary N) is 2. The summed E-state index contributed by atoms with van der Waals surface area (Å²) in [6.45, 7) is 7.25. The molecule has 0 aromatic carbocycles. The molecule has 6 heteroatoms. The second-order valence-electron chi connectivity index (χ2n) is 6.53. The van der Waals surface area contributed by atoms with Crippen molar-refractivity contribution >= 4 is 15.8 Å². The minimum atomic E-state index is -3.47. The van der Waals surface area contributed by atoms with Crippen LogP contribution in [0.25, 0.3) is 0 Å². The molecule has 2 N–H and O–H groups in total. The van der Waals surface area contributed by atoms with Gasteiger partial charge in [-0.1, -0.05) is 20.8 Å². The van der Waals surface area contributed by atoms with Crippen LogP contribution in [-0.4, -0.2) is 26.0 Å². The van der Waals surface area contributed by atoms with Gasteiger partial charge >= 0.3 is 0 Å². The summed E-state index contributed by atoms with van der Waals surface area (Å²) in [7, 11) is -3.47. The van der Waals surface area contributed by atoms with Crippen LogP contribution in [0.4, 0.5) is 5.82 Å². The van der Waals surface area contributed by atoms with Crippen molar-refractivity contribution in [2.24, 2.45) is 5.41 Å². The van der Waals surface area contributed by atoms with Gasteiger partial charge in [-0.05, 0) is 43.2 Å². The Balaban J connectivity index is 2.02. The van der Waals surface area contributed by atoms with Crippen LogP contribution >= 0.6 is 0 Å². The molecule has 0 spiro atoms. The van der Waals surface area contributed by atoms with Gasteiger partial charge < -0.3 is 5.32 Å². The van der Waals surface area contributed by atoms with Gasteiger partial charge in [0.15, 0.2) is 0 Å². The van der Waals surface area contributed by atoms with Crippen LogP contribution in [0.1, 0.15) is 46.5 Å². The number of anilines is 1. The van der Waals surface area contributed by atoms with E-state index in [4.69, 9.17) is 0 Å². The summed E-state index contributed by atoms with van der Waals surface area (Å²) < 4.78 is 27.5. The van der Waals surface area contributed by atoms with Gasteiger partial charge in [0.2, 0.25) is 10.0 Å². The van der Waals surface area contributed by atoms with E-state index in [-0.39, 0.29) is 16.4 Å². The van der Waals surface area contributed by atoms with E-state index in [0.717, 1.165) is 32.2 Å². The minimum Gasteiger partial charge on any atom is -0.370 e. The number of sulfonamides is 1. The molecule has 0 aliphatic heterocycles. The van der Waals surface area contributed by atoms with Gasteiger partial charge in [0, 0.05) is 18.8 Å². The van der Waals surface area contributed by atoms with E-state index in [9.17, 15) is 8.42 Å². The van der Waals surface area contributed by atoms with E-state index in [1.165, 1.54) is 6.20 Å². The van der Waals surface area contributed by atoms with Gasteiger partial charge in [-0.2, -0.15) is 0 Å². The van der Waals surface area contributed by atoms with E-state index in [1.807, 2.05) is 0 Å². The fraction of sp³-hybridized carbons (Fsp3) is 0.667. The number of rotatable bonds is 6. The second-order valence-corrected chi connectivity index (χ2v) is 8.25. The molecular weight excluding hydrogens is 286 g/mol. The Morgan fingerprint density at radius 1 is 1.38 bits per heavy atom. The minimum absolute atomic E-state index is 0.0305. The molecule has 1 heterocycles. The predicted molar refractivity (Wildman–Crippen MR) is 84.8 cm³/mol. The lowest BCUT2D eigenvalue weighted by Crippen LogP contribution is -2.33. The Bertz CT molecular complexity index is 567. The Kier molecular flexibility index (Phi) is 4.88. The zero-order valence-electron chi connectivity index (χ0n) is 13.0. The van der Waals surface area contributed by atoms with Gasteiger partial charge in [0.1, 0.15) is 10.7 Å². The molecule has 0 amide bonds. The standard InChI is InChI=1S/C15H25N3O2S/c1-4-9-16-14-6-5-13(11-17-14)21(19,20)18-12-7-8-15(2,3)10-12/h5-6,11-12,18H,4,7-10H2,1-3H3,(H,16,17). The SMILES string of the molecule is CCCNc1ccc(S(=O)(=O)NC2CCC(C)(C)C2)cn1. The van der Waals surface area contributed by atoms with Gasteiger partial charge in [-0.25, -0.2) is 18.1 Å². The third kappa shape index (κ3) is 4.41. The van der Waals surface area contributed by atoms with Crippen LogP contribution in [0.2, 0.25) is 0 Å². The Labute approximate surface area is 127 Å².